The van der Waals surface area contributed by atoms with Crippen LogP contribution in [-0.2, 0) is 15.3 Å². The molecule has 0 aliphatic carbocycles. The van der Waals surface area contributed by atoms with E-state index >= 15 is 0 Å². The largest absolute Gasteiger partial charge is 0.350 e. The van der Waals surface area contributed by atoms with Crippen molar-refractivity contribution in [3.05, 3.63) is 77.0 Å². The Kier molecular flexibility index (Phi) is 8.14. The molecule has 2 aromatic rings. The zero-order valence-electron chi connectivity index (χ0n) is 15.1. The fourth-order valence-corrected chi connectivity index (χ4v) is 3.20. The summed E-state index contributed by atoms with van der Waals surface area (Å²) in [7, 11) is 0. The van der Waals surface area contributed by atoms with Gasteiger partial charge in [0.25, 0.3) is 5.91 Å². The third kappa shape index (κ3) is 7.00. The highest BCUT2D eigenvalue weighted by Crippen LogP contribution is 2.15. The molecule has 6 heteroatoms. The first kappa shape index (κ1) is 20.3. The average molecular weight is 379 g/mol. The van der Waals surface area contributed by atoms with E-state index in [0.717, 1.165) is 11.1 Å². The van der Waals surface area contributed by atoms with Crippen LogP contribution in [-0.4, -0.2) is 24.1 Å². The molecular formula is C21H21N3O2S. The SMILES string of the molecule is CC(=O)N/C(=C\c1ccccc1)C(=O)NCCSCc1ccccc1C#N. The Morgan fingerprint density at radius 2 is 1.81 bits per heavy atom. The van der Waals surface area contributed by atoms with Gasteiger partial charge >= 0.3 is 0 Å². The molecule has 0 aromatic heterocycles. The molecule has 5 nitrogen and oxygen atoms in total. The minimum absolute atomic E-state index is 0.216. The second kappa shape index (κ2) is 10.8. The third-order valence-corrected chi connectivity index (χ3v) is 4.60. The van der Waals surface area contributed by atoms with E-state index in [0.29, 0.717) is 23.6 Å². The maximum Gasteiger partial charge on any atom is 0.267 e. The van der Waals surface area contributed by atoms with Gasteiger partial charge in [-0.3, -0.25) is 9.59 Å². The smallest absolute Gasteiger partial charge is 0.267 e. The van der Waals surface area contributed by atoms with Crippen molar-refractivity contribution in [1.82, 2.24) is 10.6 Å². The molecule has 2 rings (SSSR count). The molecule has 0 saturated carbocycles. The van der Waals surface area contributed by atoms with E-state index in [1.165, 1.54) is 6.92 Å². The van der Waals surface area contributed by atoms with Crippen molar-refractivity contribution in [2.75, 3.05) is 12.3 Å². The van der Waals surface area contributed by atoms with Gasteiger partial charge < -0.3 is 10.6 Å². The Morgan fingerprint density at radius 3 is 2.52 bits per heavy atom. The molecule has 2 amide bonds. The Morgan fingerprint density at radius 1 is 1.11 bits per heavy atom. The number of carbonyl (C=O) groups excluding carboxylic acids is 2. The van der Waals surface area contributed by atoms with Crippen LogP contribution in [0.15, 0.2) is 60.3 Å². The molecule has 0 aliphatic rings. The van der Waals surface area contributed by atoms with E-state index in [4.69, 9.17) is 5.26 Å². The van der Waals surface area contributed by atoms with E-state index in [1.54, 1.807) is 23.9 Å². The fraction of sp³-hybridized carbons (Fsp3) is 0.190. The number of nitrogens with one attached hydrogen (secondary N) is 2. The summed E-state index contributed by atoms with van der Waals surface area (Å²) in [5.74, 6) is 0.782. The summed E-state index contributed by atoms with van der Waals surface area (Å²) in [6.07, 6.45) is 1.65. The molecular weight excluding hydrogens is 358 g/mol. The van der Waals surface area contributed by atoms with Crippen molar-refractivity contribution in [2.45, 2.75) is 12.7 Å². The average Bonchev–Trinajstić information content (AvgIpc) is 2.68. The zero-order chi connectivity index (χ0) is 19.5. The van der Waals surface area contributed by atoms with Crippen LogP contribution < -0.4 is 10.6 Å². The molecule has 0 aliphatic heterocycles. The van der Waals surface area contributed by atoms with Crippen molar-refractivity contribution >= 4 is 29.7 Å². The molecule has 27 heavy (non-hydrogen) atoms. The van der Waals surface area contributed by atoms with E-state index < -0.39 is 0 Å². The normalized spacial score (nSPS) is 10.7. The van der Waals surface area contributed by atoms with Crippen molar-refractivity contribution in [3.8, 4) is 6.07 Å². The van der Waals surface area contributed by atoms with Gasteiger partial charge in [0.15, 0.2) is 0 Å². The van der Waals surface area contributed by atoms with Gasteiger partial charge in [0.2, 0.25) is 5.91 Å². The monoisotopic (exact) mass is 379 g/mol. The number of carbonyl (C=O) groups is 2. The number of nitriles is 1. The second-order valence-electron chi connectivity index (χ2n) is 5.73. The molecule has 0 fully saturated rings. The first-order chi connectivity index (χ1) is 13.1. The highest BCUT2D eigenvalue weighted by molar-refractivity contribution is 7.98. The van der Waals surface area contributed by atoms with Crippen LogP contribution in [0, 0.1) is 11.3 Å². The Bertz CT molecular complexity index is 857. The van der Waals surface area contributed by atoms with Gasteiger partial charge in [-0.2, -0.15) is 17.0 Å². The Balaban J connectivity index is 1.86. The van der Waals surface area contributed by atoms with Crippen molar-refractivity contribution in [1.29, 1.82) is 5.26 Å². The fourth-order valence-electron chi connectivity index (χ4n) is 2.33. The summed E-state index contributed by atoms with van der Waals surface area (Å²) >= 11 is 1.63. The zero-order valence-corrected chi connectivity index (χ0v) is 15.9. The maximum absolute atomic E-state index is 12.4. The minimum atomic E-state index is -0.327. The number of hydrogen-bond acceptors (Lipinski definition) is 4. The van der Waals surface area contributed by atoms with Crippen LogP contribution in [0.2, 0.25) is 0 Å². The summed E-state index contributed by atoms with van der Waals surface area (Å²) in [5, 5.41) is 14.5. The number of thioether (sulfide) groups is 1. The van der Waals surface area contributed by atoms with Crippen LogP contribution in [0.5, 0.6) is 0 Å². The summed E-state index contributed by atoms with van der Waals surface area (Å²) in [5.41, 5.74) is 2.71. The quantitative estimate of drug-likeness (QED) is 0.545. The highest BCUT2D eigenvalue weighted by atomic mass is 32.2. The molecule has 0 atom stereocenters. The summed E-state index contributed by atoms with van der Waals surface area (Å²) < 4.78 is 0. The Labute approximate surface area is 163 Å². The van der Waals surface area contributed by atoms with Crippen LogP contribution in [0.1, 0.15) is 23.6 Å². The minimum Gasteiger partial charge on any atom is -0.350 e. The van der Waals surface area contributed by atoms with Gasteiger partial charge in [0, 0.05) is 25.0 Å². The first-order valence-electron chi connectivity index (χ1n) is 8.48. The lowest BCUT2D eigenvalue weighted by atomic mass is 10.1. The predicted octanol–water partition coefficient (Wildman–Crippen LogP) is 3.08. The lowest BCUT2D eigenvalue weighted by Gasteiger charge is -2.10. The van der Waals surface area contributed by atoms with E-state index in [-0.39, 0.29) is 17.5 Å². The van der Waals surface area contributed by atoms with Gasteiger partial charge in [0.1, 0.15) is 5.70 Å². The number of benzene rings is 2. The highest BCUT2D eigenvalue weighted by Gasteiger charge is 2.10. The number of amides is 2. The first-order valence-corrected chi connectivity index (χ1v) is 9.64. The standard InChI is InChI=1S/C21H21N3O2S/c1-16(25)24-20(13-17-7-3-2-4-8-17)21(26)23-11-12-27-15-19-10-6-5-9-18(19)14-22/h2-10,13H,11-12,15H2,1H3,(H,23,26)(H,24,25)/b20-13-. The molecule has 0 unspecified atom stereocenters. The lowest BCUT2D eigenvalue weighted by Crippen LogP contribution is -2.34. The van der Waals surface area contributed by atoms with Crippen molar-refractivity contribution in [2.24, 2.45) is 0 Å². The lowest BCUT2D eigenvalue weighted by molar-refractivity contribution is -0.122. The van der Waals surface area contributed by atoms with Gasteiger partial charge in [-0.05, 0) is 23.3 Å². The molecule has 2 N–H and O–H groups in total. The summed E-state index contributed by atoms with van der Waals surface area (Å²) in [6.45, 7) is 1.83. The van der Waals surface area contributed by atoms with Crippen LogP contribution in [0.4, 0.5) is 0 Å². The summed E-state index contributed by atoms with van der Waals surface area (Å²) in [6, 6.07) is 19.0. The molecule has 0 heterocycles. The molecule has 0 saturated heterocycles. The van der Waals surface area contributed by atoms with Gasteiger partial charge in [-0.25, -0.2) is 0 Å². The van der Waals surface area contributed by atoms with E-state index in [2.05, 4.69) is 16.7 Å². The molecule has 0 bridgehead atoms. The molecule has 2 aromatic carbocycles. The second-order valence-corrected chi connectivity index (χ2v) is 6.83. The number of nitrogens with zero attached hydrogens (tertiary/aromatic N) is 1. The topological polar surface area (TPSA) is 82.0 Å². The van der Waals surface area contributed by atoms with Gasteiger partial charge in [-0.15, -0.1) is 0 Å². The van der Waals surface area contributed by atoms with Crippen molar-refractivity contribution in [3.63, 3.8) is 0 Å². The van der Waals surface area contributed by atoms with E-state index in [1.807, 2.05) is 48.5 Å². The van der Waals surface area contributed by atoms with Crippen LogP contribution in [0.3, 0.4) is 0 Å². The summed E-state index contributed by atoms with van der Waals surface area (Å²) in [4.78, 5) is 23.8. The molecule has 0 radical (unpaired) electrons. The third-order valence-electron chi connectivity index (χ3n) is 3.59. The van der Waals surface area contributed by atoms with Gasteiger partial charge in [0.05, 0.1) is 11.6 Å². The number of hydrogen-bond donors (Lipinski definition) is 2. The predicted molar refractivity (Wildman–Crippen MR) is 109 cm³/mol. The van der Waals surface area contributed by atoms with Crippen LogP contribution in [0.25, 0.3) is 6.08 Å². The maximum atomic E-state index is 12.4. The van der Waals surface area contributed by atoms with E-state index in [9.17, 15) is 9.59 Å². The van der Waals surface area contributed by atoms with Crippen LogP contribution >= 0.6 is 11.8 Å². The Hall–Kier alpha value is -3.04. The molecule has 138 valence electrons. The van der Waals surface area contributed by atoms with Crippen molar-refractivity contribution < 1.29 is 9.59 Å². The van der Waals surface area contributed by atoms with Gasteiger partial charge in [-0.1, -0.05) is 48.5 Å². The molecule has 0 spiro atoms. The number of rotatable bonds is 8.